The molecule has 0 aromatic heterocycles. The number of benzene rings is 2. The molecule has 0 radical (unpaired) electrons. The van der Waals surface area contributed by atoms with Crippen LogP contribution in [0.2, 0.25) is 5.02 Å². The van der Waals surface area contributed by atoms with Gasteiger partial charge in [0.05, 0.1) is 28.4 Å². The molecule has 0 bridgehead atoms. The number of ether oxygens (including phenoxy) is 2. The monoisotopic (exact) mass is 391 g/mol. The summed E-state index contributed by atoms with van der Waals surface area (Å²) >= 11 is 5.81. The average molecular weight is 392 g/mol. The van der Waals surface area contributed by atoms with E-state index in [0.29, 0.717) is 0 Å². The molecule has 0 aliphatic rings. The second-order valence-corrected chi connectivity index (χ2v) is 5.54. The molecule has 1 amide bonds. The number of nitrogens with one attached hydrogen (secondary N) is 1. The summed E-state index contributed by atoms with van der Waals surface area (Å²) in [6.07, 6.45) is -4.60. The average Bonchev–Trinajstić information content (AvgIpc) is 2.55. The maximum atomic E-state index is 13.1. The third-order valence-electron chi connectivity index (χ3n) is 3.28. The molecule has 2 rings (SSSR count). The Balaban J connectivity index is 2.32. The van der Waals surface area contributed by atoms with Gasteiger partial charge in [0.25, 0.3) is 5.91 Å². The first-order valence-electron chi connectivity index (χ1n) is 7.31. The summed E-state index contributed by atoms with van der Waals surface area (Å²) in [5.74, 6) is -1.42. The van der Waals surface area contributed by atoms with Gasteiger partial charge in [-0.3, -0.25) is 4.79 Å². The smallest absolute Gasteiger partial charge is 0.416 e. The lowest BCUT2D eigenvalue weighted by atomic mass is 10.1. The summed E-state index contributed by atoms with van der Waals surface area (Å²) in [5.41, 5.74) is -1.24. The van der Waals surface area contributed by atoms with Crippen LogP contribution in [-0.2, 0) is 10.9 Å². The van der Waals surface area contributed by atoms with Gasteiger partial charge in [0.1, 0.15) is 18.2 Å². The lowest BCUT2D eigenvalue weighted by Gasteiger charge is -2.15. The highest BCUT2D eigenvalue weighted by Crippen LogP contribution is 2.35. The molecule has 2 aromatic rings. The number of amides is 1. The molecule has 0 saturated carbocycles. The van der Waals surface area contributed by atoms with Crippen molar-refractivity contribution in [1.82, 2.24) is 0 Å². The van der Waals surface area contributed by atoms with Gasteiger partial charge in [-0.25, -0.2) is 4.39 Å². The zero-order chi connectivity index (χ0) is 19.3. The van der Waals surface area contributed by atoms with E-state index in [1.165, 1.54) is 7.11 Å². The van der Waals surface area contributed by atoms with E-state index < -0.39 is 23.5 Å². The number of hydrogen-bond donors (Lipinski definition) is 1. The SMILES string of the molecule is COCCOc1ccc(C(F)(F)F)cc1NC(=O)c1ccc(F)cc1Cl. The highest BCUT2D eigenvalue weighted by atomic mass is 35.5. The molecule has 0 aliphatic heterocycles. The van der Waals surface area contributed by atoms with Crippen LogP contribution in [0.3, 0.4) is 0 Å². The topological polar surface area (TPSA) is 47.6 Å². The van der Waals surface area contributed by atoms with Crippen molar-refractivity contribution >= 4 is 23.2 Å². The molecule has 4 nitrogen and oxygen atoms in total. The predicted molar refractivity (Wildman–Crippen MR) is 88.2 cm³/mol. The van der Waals surface area contributed by atoms with Crippen LogP contribution in [0.25, 0.3) is 0 Å². The fraction of sp³-hybridized carbons (Fsp3) is 0.235. The van der Waals surface area contributed by atoms with Crippen molar-refractivity contribution in [3.05, 3.63) is 58.4 Å². The van der Waals surface area contributed by atoms with E-state index in [9.17, 15) is 22.4 Å². The largest absolute Gasteiger partial charge is 0.489 e. The van der Waals surface area contributed by atoms with Crippen molar-refractivity contribution in [2.75, 3.05) is 25.6 Å². The van der Waals surface area contributed by atoms with E-state index in [1.54, 1.807) is 0 Å². The van der Waals surface area contributed by atoms with Crippen LogP contribution in [0.15, 0.2) is 36.4 Å². The zero-order valence-electron chi connectivity index (χ0n) is 13.5. The Morgan fingerprint density at radius 3 is 2.50 bits per heavy atom. The molecule has 0 saturated heterocycles. The van der Waals surface area contributed by atoms with Crippen LogP contribution in [-0.4, -0.2) is 26.2 Å². The molecule has 0 atom stereocenters. The summed E-state index contributed by atoms with van der Waals surface area (Å²) in [6.45, 7) is 0.278. The molecule has 0 fully saturated rings. The van der Waals surface area contributed by atoms with Crippen molar-refractivity contribution in [3.63, 3.8) is 0 Å². The Morgan fingerprint density at radius 1 is 1.15 bits per heavy atom. The number of methoxy groups -OCH3 is 1. The highest BCUT2D eigenvalue weighted by molar-refractivity contribution is 6.34. The molecule has 9 heteroatoms. The number of hydrogen-bond acceptors (Lipinski definition) is 3. The summed E-state index contributed by atoms with van der Waals surface area (Å²) in [7, 11) is 1.44. The minimum absolute atomic E-state index is 0.0293. The Hall–Kier alpha value is -2.32. The zero-order valence-corrected chi connectivity index (χ0v) is 14.2. The minimum Gasteiger partial charge on any atom is -0.489 e. The molecule has 140 valence electrons. The van der Waals surface area contributed by atoms with Crippen LogP contribution in [0.4, 0.5) is 23.2 Å². The lowest BCUT2D eigenvalue weighted by molar-refractivity contribution is -0.137. The van der Waals surface area contributed by atoms with E-state index in [2.05, 4.69) is 5.32 Å². The standard InChI is InChI=1S/C17H14ClF4NO3/c1-25-6-7-26-15-5-2-10(17(20,21)22)8-14(15)23-16(24)12-4-3-11(19)9-13(12)18/h2-5,8-9H,6-7H2,1H3,(H,23,24). The first kappa shape index (κ1) is 20.0. The van der Waals surface area contributed by atoms with Gasteiger partial charge in [-0.2, -0.15) is 13.2 Å². The van der Waals surface area contributed by atoms with Crippen LogP contribution >= 0.6 is 11.6 Å². The third-order valence-corrected chi connectivity index (χ3v) is 3.59. The van der Waals surface area contributed by atoms with Crippen molar-refractivity contribution in [2.24, 2.45) is 0 Å². The Labute approximate surface area is 151 Å². The Bertz CT molecular complexity index is 796. The second-order valence-electron chi connectivity index (χ2n) is 5.13. The fourth-order valence-corrected chi connectivity index (χ4v) is 2.28. The molecule has 0 aliphatic carbocycles. The molecule has 0 unspecified atom stereocenters. The van der Waals surface area contributed by atoms with Crippen LogP contribution in [0.5, 0.6) is 5.75 Å². The van der Waals surface area contributed by atoms with Crippen molar-refractivity contribution in [3.8, 4) is 5.75 Å². The highest BCUT2D eigenvalue weighted by Gasteiger charge is 2.31. The van der Waals surface area contributed by atoms with Gasteiger partial charge in [-0.15, -0.1) is 0 Å². The fourth-order valence-electron chi connectivity index (χ4n) is 2.03. The summed E-state index contributed by atoms with van der Waals surface area (Å²) in [4.78, 5) is 12.3. The molecular formula is C17H14ClF4NO3. The Morgan fingerprint density at radius 2 is 1.88 bits per heavy atom. The quantitative estimate of drug-likeness (QED) is 0.569. The van der Waals surface area contributed by atoms with Crippen molar-refractivity contribution in [2.45, 2.75) is 6.18 Å². The van der Waals surface area contributed by atoms with E-state index in [-0.39, 0.29) is 35.2 Å². The van der Waals surface area contributed by atoms with E-state index in [4.69, 9.17) is 21.1 Å². The van der Waals surface area contributed by atoms with Crippen LogP contribution in [0, 0.1) is 5.82 Å². The second kappa shape index (κ2) is 8.37. The maximum absolute atomic E-state index is 13.1. The van der Waals surface area contributed by atoms with Gasteiger partial charge in [-0.05, 0) is 36.4 Å². The molecule has 0 spiro atoms. The first-order chi connectivity index (χ1) is 12.2. The summed E-state index contributed by atoms with van der Waals surface area (Å²) in [5, 5.41) is 2.14. The van der Waals surface area contributed by atoms with Crippen molar-refractivity contribution in [1.29, 1.82) is 0 Å². The van der Waals surface area contributed by atoms with E-state index >= 15 is 0 Å². The molecule has 1 N–H and O–H groups in total. The maximum Gasteiger partial charge on any atom is 0.416 e. The number of rotatable bonds is 6. The number of carbonyl (C=O) groups excluding carboxylic acids is 1. The van der Waals surface area contributed by atoms with Crippen LogP contribution < -0.4 is 10.1 Å². The lowest BCUT2D eigenvalue weighted by Crippen LogP contribution is -2.16. The Kier molecular flexibility index (Phi) is 6.44. The van der Waals surface area contributed by atoms with E-state index in [0.717, 1.165) is 36.4 Å². The third kappa shape index (κ3) is 5.09. The molecule has 0 heterocycles. The molecule has 2 aromatic carbocycles. The van der Waals surface area contributed by atoms with Gasteiger partial charge >= 0.3 is 6.18 Å². The van der Waals surface area contributed by atoms with Crippen LogP contribution in [0.1, 0.15) is 15.9 Å². The van der Waals surface area contributed by atoms with Gasteiger partial charge in [-0.1, -0.05) is 11.6 Å². The van der Waals surface area contributed by atoms with Crippen molar-refractivity contribution < 1.29 is 31.8 Å². The van der Waals surface area contributed by atoms with Gasteiger partial charge in [0.15, 0.2) is 0 Å². The van der Waals surface area contributed by atoms with Gasteiger partial charge < -0.3 is 14.8 Å². The van der Waals surface area contributed by atoms with Gasteiger partial charge in [0.2, 0.25) is 0 Å². The summed E-state index contributed by atoms with van der Waals surface area (Å²) < 4.78 is 62.0. The number of alkyl halides is 3. The molecule has 26 heavy (non-hydrogen) atoms. The molecular weight excluding hydrogens is 378 g/mol. The van der Waals surface area contributed by atoms with Gasteiger partial charge in [0, 0.05) is 7.11 Å². The predicted octanol–water partition coefficient (Wildman–Crippen LogP) is 4.78. The normalized spacial score (nSPS) is 11.3. The van der Waals surface area contributed by atoms with E-state index in [1.807, 2.05) is 0 Å². The number of halogens is 5. The first-order valence-corrected chi connectivity index (χ1v) is 7.69. The summed E-state index contributed by atoms with van der Waals surface area (Å²) in [6, 6.07) is 5.76. The minimum atomic E-state index is -4.60. The number of carbonyl (C=O) groups is 1. The number of anilines is 1.